The van der Waals surface area contributed by atoms with Crippen LogP contribution in [0.1, 0.15) is 11.3 Å². The van der Waals surface area contributed by atoms with E-state index in [1.54, 1.807) is 16.4 Å². The van der Waals surface area contributed by atoms with Gasteiger partial charge in [-0.15, -0.1) is 0 Å². The van der Waals surface area contributed by atoms with Crippen molar-refractivity contribution in [1.82, 2.24) is 9.78 Å². The van der Waals surface area contributed by atoms with E-state index in [2.05, 4.69) is 5.10 Å². The van der Waals surface area contributed by atoms with Gasteiger partial charge in [0.05, 0.1) is 5.69 Å². The molecule has 1 aromatic heterocycles. The fraction of sp³-hybridized carbons (Fsp3) is 0.727. The van der Waals surface area contributed by atoms with Crippen molar-refractivity contribution in [3.05, 3.63) is 11.3 Å². The van der Waals surface area contributed by atoms with Crippen molar-refractivity contribution in [3.63, 3.8) is 0 Å². The van der Waals surface area contributed by atoms with Gasteiger partial charge in [-0.05, 0) is 6.92 Å². The highest BCUT2D eigenvalue weighted by Crippen LogP contribution is 2.30. The Kier molecular flexibility index (Phi) is 4.12. The zero-order valence-corrected chi connectivity index (χ0v) is 13.1. The Labute approximate surface area is 118 Å². The average Bonchev–Trinajstić information content (AvgIpc) is 2.62. The van der Waals surface area contributed by atoms with Gasteiger partial charge in [-0.25, -0.2) is 8.42 Å². The lowest BCUT2D eigenvalue weighted by Crippen LogP contribution is -2.48. The molecule has 2 heterocycles. The molecule has 1 aliphatic rings. The molecule has 1 atom stereocenters. The third-order valence-corrected chi connectivity index (χ3v) is 6.01. The summed E-state index contributed by atoms with van der Waals surface area (Å²) < 4.78 is 25.7. The Morgan fingerprint density at radius 2 is 2.21 bits per heavy atom. The van der Waals surface area contributed by atoms with E-state index < -0.39 is 15.2 Å². The van der Waals surface area contributed by atoms with Crippen LogP contribution >= 0.6 is 11.8 Å². The largest absolute Gasteiger partial charge is 0.338 e. The maximum atomic E-state index is 12.0. The van der Waals surface area contributed by atoms with Crippen molar-refractivity contribution in [2.75, 3.05) is 29.2 Å². The van der Waals surface area contributed by atoms with E-state index in [9.17, 15) is 8.42 Å². The average molecular weight is 304 g/mol. The maximum Gasteiger partial charge on any atom is 0.169 e. The highest BCUT2D eigenvalue weighted by molar-refractivity contribution is 8.01. The van der Waals surface area contributed by atoms with Gasteiger partial charge in [-0.1, -0.05) is 0 Å². The predicted octanol–water partition coefficient (Wildman–Crippen LogP) is 0.111. The molecule has 6 nitrogen and oxygen atoms in total. The Morgan fingerprint density at radius 3 is 2.79 bits per heavy atom. The summed E-state index contributed by atoms with van der Waals surface area (Å²) in [7, 11) is -1.30. The summed E-state index contributed by atoms with van der Waals surface area (Å²) in [6, 6.07) is 0. The first-order valence-corrected chi connectivity index (χ1v) is 9.23. The lowest BCUT2D eigenvalue weighted by Gasteiger charge is -2.36. The van der Waals surface area contributed by atoms with Gasteiger partial charge >= 0.3 is 0 Å². The Morgan fingerprint density at radius 1 is 1.53 bits per heavy atom. The molecule has 0 spiro atoms. The molecule has 0 aromatic carbocycles. The summed E-state index contributed by atoms with van der Waals surface area (Å²) in [4.78, 5) is 1.94. The SMILES string of the molecule is Cc1nn(C)c(N2CCSCC2S(C)(=O)=O)c1CN. The number of hydrogen-bond donors (Lipinski definition) is 1. The lowest BCUT2D eigenvalue weighted by atomic mass is 10.2. The number of aromatic nitrogens is 2. The van der Waals surface area contributed by atoms with E-state index in [1.165, 1.54) is 6.26 Å². The predicted molar refractivity (Wildman–Crippen MR) is 79.1 cm³/mol. The van der Waals surface area contributed by atoms with Gasteiger partial charge in [-0.3, -0.25) is 4.68 Å². The molecule has 2 rings (SSSR count). The Balaban J connectivity index is 2.49. The van der Waals surface area contributed by atoms with E-state index in [1.807, 2.05) is 18.9 Å². The first kappa shape index (κ1) is 14.7. The molecule has 0 amide bonds. The summed E-state index contributed by atoms with van der Waals surface area (Å²) in [5, 5.41) is 3.87. The molecular weight excluding hydrogens is 284 g/mol. The third kappa shape index (κ3) is 2.75. The van der Waals surface area contributed by atoms with Crippen molar-refractivity contribution in [2.45, 2.75) is 18.8 Å². The zero-order valence-electron chi connectivity index (χ0n) is 11.5. The number of aryl methyl sites for hydroxylation is 2. The zero-order chi connectivity index (χ0) is 14.2. The third-order valence-electron chi connectivity index (χ3n) is 3.37. The van der Waals surface area contributed by atoms with Gasteiger partial charge in [0.1, 0.15) is 11.2 Å². The van der Waals surface area contributed by atoms with Crippen molar-refractivity contribution in [3.8, 4) is 0 Å². The number of thioether (sulfide) groups is 1. The minimum atomic E-state index is -3.13. The molecule has 1 aromatic rings. The molecular formula is C11H20N4O2S2. The van der Waals surface area contributed by atoms with Crippen LogP contribution in [-0.2, 0) is 23.4 Å². The van der Waals surface area contributed by atoms with Crippen LogP contribution < -0.4 is 10.6 Å². The molecule has 0 bridgehead atoms. The van der Waals surface area contributed by atoms with Crippen molar-refractivity contribution < 1.29 is 8.42 Å². The van der Waals surface area contributed by atoms with E-state index in [0.717, 1.165) is 22.8 Å². The second kappa shape index (κ2) is 5.34. The normalized spacial score (nSPS) is 20.8. The number of nitrogens with zero attached hydrogens (tertiary/aromatic N) is 3. The van der Waals surface area contributed by atoms with Crippen LogP contribution in [0, 0.1) is 6.92 Å². The molecule has 1 fully saturated rings. The summed E-state index contributed by atoms with van der Waals surface area (Å²) >= 11 is 1.67. The molecule has 1 unspecified atom stereocenters. The van der Waals surface area contributed by atoms with Gasteiger partial charge < -0.3 is 10.6 Å². The topological polar surface area (TPSA) is 81.2 Å². The Bertz CT molecular complexity index is 567. The molecule has 2 N–H and O–H groups in total. The highest BCUT2D eigenvalue weighted by Gasteiger charge is 2.34. The van der Waals surface area contributed by atoms with Gasteiger partial charge in [0.15, 0.2) is 9.84 Å². The first-order chi connectivity index (χ1) is 8.86. The van der Waals surface area contributed by atoms with Crippen LogP contribution in [0.5, 0.6) is 0 Å². The Hall–Kier alpha value is -0.730. The van der Waals surface area contributed by atoms with Crippen LogP contribution in [-0.4, -0.2) is 47.9 Å². The molecule has 8 heteroatoms. The molecule has 1 saturated heterocycles. The van der Waals surface area contributed by atoms with E-state index >= 15 is 0 Å². The molecule has 0 radical (unpaired) electrons. The van der Waals surface area contributed by atoms with Crippen LogP contribution in [0.2, 0.25) is 0 Å². The minimum Gasteiger partial charge on any atom is -0.338 e. The smallest absolute Gasteiger partial charge is 0.169 e. The van der Waals surface area contributed by atoms with E-state index in [-0.39, 0.29) is 0 Å². The quantitative estimate of drug-likeness (QED) is 0.854. The van der Waals surface area contributed by atoms with Gasteiger partial charge in [0.2, 0.25) is 0 Å². The number of anilines is 1. The molecule has 0 saturated carbocycles. The minimum absolute atomic E-state index is 0.370. The van der Waals surface area contributed by atoms with Crippen molar-refractivity contribution in [1.29, 1.82) is 0 Å². The fourth-order valence-electron chi connectivity index (χ4n) is 2.47. The van der Waals surface area contributed by atoms with Crippen molar-refractivity contribution >= 4 is 27.4 Å². The number of hydrogen-bond acceptors (Lipinski definition) is 6. The summed E-state index contributed by atoms with van der Waals surface area (Å²) in [6.07, 6.45) is 1.29. The lowest BCUT2D eigenvalue weighted by molar-refractivity contribution is 0.580. The fourth-order valence-corrected chi connectivity index (χ4v) is 5.29. The van der Waals surface area contributed by atoms with Crippen molar-refractivity contribution in [2.24, 2.45) is 12.8 Å². The number of rotatable bonds is 3. The van der Waals surface area contributed by atoms with Gasteiger partial charge in [0, 0.05) is 43.5 Å². The van der Waals surface area contributed by atoms with Crippen LogP contribution in [0.25, 0.3) is 0 Å². The molecule has 108 valence electrons. The van der Waals surface area contributed by atoms with E-state index in [0.29, 0.717) is 18.8 Å². The molecule has 0 aliphatic carbocycles. The molecule has 1 aliphatic heterocycles. The van der Waals surface area contributed by atoms with Crippen LogP contribution in [0.3, 0.4) is 0 Å². The summed E-state index contributed by atoms with van der Waals surface area (Å²) in [5.74, 6) is 2.35. The van der Waals surface area contributed by atoms with Gasteiger partial charge in [0.25, 0.3) is 0 Å². The monoisotopic (exact) mass is 304 g/mol. The molecule has 19 heavy (non-hydrogen) atoms. The number of nitrogens with two attached hydrogens (primary N) is 1. The summed E-state index contributed by atoms with van der Waals surface area (Å²) in [5.41, 5.74) is 7.59. The summed E-state index contributed by atoms with van der Waals surface area (Å²) in [6.45, 7) is 2.98. The second-order valence-electron chi connectivity index (χ2n) is 4.77. The van der Waals surface area contributed by atoms with Crippen LogP contribution in [0.4, 0.5) is 5.82 Å². The van der Waals surface area contributed by atoms with Crippen LogP contribution in [0.15, 0.2) is 0 Å². The number of sulfone groups is 1. The van der Waals surface area contributed by atoms with E-state index in [4.69, 9.17) is 5.73 Å². The standard InChI is InChI=1S/C11H20N4O2S2/c1-8-9(6-12)11(14(2)13-8)15-4-5-18-7-10(15)19(3,16)17/h10H,4-7,12H2,1-3H3. The first-order valence-electron chi connectivity index (χ1n) is 6.12. The van der Waals surface area contributed by atoms with Gasteiger partial charge in [-0.2, -0.15) is 16.9 Å². The highest BCUT2D eigenvalue weighted by atomic mass is 32.2. The maximum absolute atomic E-state index is 12.0. The second-order valence-corrected chi connectivity index (χ2v) is 8.12.